The first kappa shape index (κ1) is 32.4. The van der Waals surface area contributed by atoms with E-state index < -0.39 is 17.6 Å². The number of nitrogens with zero attached hydrogens (tertiary/aromatic N) is 2. The van der Waals surface area contributed by atoms with Crippen molar-refractivity contribution in [2.45, 2.75) is 26.7 Å². The summed E-state index contributed by atoms with van der Waals surface area (Å²) in [6, 6.07) is 20.9. The molecular weight excluding hydrogens is 615 g/mol. The van der Waals surface area contributed by atoms with Crippen LogP contribution in [0.2, 0.25) is 0 Å². The Hall–Kier alpha value is -3.96. The molecule has 0 aromatic heterocycles. The second-order valence-electron chi connectivity index (χ2n) is 10.7. The van der Waals surface area contributed by atoms with E-state index in [4.69, 9.17) is 9.05 Å². The van der Waals surface area contributed by atoms with Gasteiger partial charge in [-0.1, -0.05) is 30.3 Å². The first-order valence-corrected chi connectivity index (χ1v) is 18.2. The Bertz CT molecular complexity index is 1750. The molecule has 2 heterocycles. The lowest BCUT2D eigenvalue weighted by Crippen LogP contribution is -2.41. The number of rotatable bonds is 12. The van der Waals surface area contributed by atoms with Crippen LogP contribution < -0.4 is 20.2 Å². The van der Waals surface area contributed by atoms with Crippen molar-refractivity contribution in [3.05, 3.63) is 83.9 Å². The maximum absolute atomic E-state index is 13.6. The maximum Gasteiger partial charge on any atom is 0.361 e. The van der Waals surface area contributed by atoms with Crippen LogP contribution in [0.5, 0.6) is 0 Å². The largest absolute Gasteiger partial charge is 0.361 e. The third-order valence-electron chi connectivity index (χ3n) is 7.54. The van der Waals surface area contributed by atoms with Crippen molar-refractivity contribution < 1.29 is 31.6 Å². The van der Waals surface area contributed by atoms with Gasteiger partial charge < -0.3 is 24.6 Å². The van der Waals surface area contributed by atoms with E-state index in [0.29, 0.717) is 52.3 Å². The lowest BCUT2D eigenvalue weighted by molar-refractivity contribution is -0.128. The lowest BCUT2D eigenvalue weighted by Gasteiger charge is -2.25. The Morgan fingerprint density at radius 1 is 0.978 bits per heavy atom. The molecule has 0 bridgehead atoms. The zero-order valence-corrected chi connectivity index (χ0v) is 27.2. The zero-order chi connectivity index (χ0) is 32.2. The Balaban J connectivity index is 1.52. The van der Waals surface area contributed by atoms with E-state index in [1.165, 1.54) is 0 Å². The summed E-state index contributed by atoms with van der Waals surface area (Å²) in [5.41, 5.74) is 3.55. The first-order valence-electron chi connectivity index (χ1n) is 14.8. The summed E-state index contributed by atoms with van der Waals surface area (Å²) in [7, 11) is -7.37. The Morgan fingerprint density at radius 2 is 1.62 bits per heavy atom. The second-order valence-corrected chi connectivity index (χ2v) is 14.6. The van der Waals surface area contributed by atoms with Gasteiger partial charge in [-0.25, -0.2) is 8.42 Å². The maximum atomic E-state index is 13.6. The Morgan fingerprint density at radius 3 is 2.22 bits per heavy atom. The van der Waals surface area contributed by atoms with Gasteiger partial charge in [-0.2, -0.15) is 0 Å². The normalized spacial score (nSPS) is 15.9. The molecule has 2 aliphatic rings. The van der Waals surface area contributed by atoms with E-state index >= 15 is 0 Å². The smallest absolute Gasteiger partial charge is 0.354 e. The fourth-order valence-corrected chi connectivity index (χ4v) is 7.88. The van der Waals surface area contributed by atoms with Crippen molar-refractivity contribution in [3.63, 3.8) is 0 Å². The molecule has 0 saturated carbocycles. The highest BCUT2D eigenvalue weighted by atomic mass is 32.2. The highest BCUT2D eigenvalue weighted by molar-refractivity contribution is 7.92. The minimum absolute atomic E-state index is 0.185. The van der Waals surface area contributed by atoms with Gasteiger partial charge in [0.05, 0.1) is 41.7 Å². The molecule has 1 fully saturated rings. The van der Waals surface area contributed by atoms with Crippen molar-refractivity contribution in [2.75, 3.05) is 54.0 Å². The van der Waals surface area contributed by atoms with Crippen molar-refractivity contribution in [1.82, 2.24) is 4.90 Å². The van der Waals surface area contributed by atoms with Gasteiger partial charge in [0.2, 0.25) is 15.9 Å². The van der Waals surface area contributed by atoms with Crippen molar-refractivity contribution in [1.29, 1.82) is 0 Å². The number of fused-ring (bicyclic) bond motifs is 1. The number of benzene rings is 3. The lowest BCUT2D eigenvalue weighted by atomic mass is 10.00. The molecule has 0 unspecified atom stereocenters. The average molecular weight is 653 g/mol. The van der Waals surface area contributed by atoms with Gasteiger partial charge in [-0.15, -0.1) is 0 Å². The molecule has 0 aliphatic carbocycles. The number of likely N-dealkylation sites (tertiary alicyclic amines) is 1. The molecule has 3 aromatic rings. The van der Waals surface area contributed by atoms with E-state index in [1.807, 2.05) is 30.3 Å². The minimum atomic E-state index is -3.74. The van der Waals surface area contributed by atoms with Gasteiger partial charge >= 0.3 is 7.60 Å². The standard InChI is InChI=1S/C32H37N4O7PS/c1-4-42-44(39,43-5-2)26-17-18-28-27(21-26)30(32(38)34-28)31(23-11-7-6-8-12-23)33-24-13-15-25(16-14-24)36(45(3,40)41)22-29(37)35-19-9-10-20-35/h6-8,11-18,21,33H,4-5,9-10,19-20,22H2,1-3H3,(H,34,38)/b31-30-. The fraction of sp³-hybridized carbons (Fsp3) is 0.312. The van der Waals surface area contributed by atoms with Crippen LogP contribution in [-0.2, 0) is 33.2 Å². The number of carbonyl (C=O) groups is 2. The van der Waals surface area contributed by atoms with Gasteiger partial charge in [0.25, 0.3) is 5.91 Å². The average Bonchev–Trinajstić information content (AvgIpc) is 3.67. The quantitative estimate of drug-likeness (QED) is 0.209. The third-order valence-corrected chi connectivity index (χ3v) is 10.8. The monoisotopic (exact) mass is 652 g/mol. The number of hydrogen-bond donors (Lipinski definition) is 2. The first-order chi connectivity index (χ1) is 21.5. The molecule has 0 atom stereocenters. The molecule has 0 radical (unpaired) electrons. The minimum Gasteiger partial charge on any atom is -0.354 e. The molecule has 2 amide bonds. The van der Waals surface area contributed by atoms with Crippen LogP contribution in [0, 0.1) is 0 Å². The number of nitrogens with one attached hydrogen (secondary N) is 2. The number of sulfonamides is 1. The number of hydrogen-bond acceptors (Lipinski definition) is 8. The van der Waals surface area contributed by atoms with Crippen LogP contribution in [0.25, 0.3) is 11.3 Å². The van der Waals surface area contributed by atoms with E-state index in [0.717, 1.165) is 29.0 Å². The van der Waals surface area contributed by atoms with Crippen LogP contribution in [0.4, 0.5) is 17.1 Å². The van der Waals surface area contributed by atoms with E-state index in [1.54, 1.807) is 61.2 Å². The van der Waals surface area contributed by atoms with Crippen molar-refractivity contribution in [3.8, 4) is 0 Å². The third kappa shape index (κ3) is 7.15. The molecule has 45 heavy (non-hydrogen) atoms. The summed E-state index contributed by atoms with van der Waals surface area (Å²) in [5, 5.41) is 6.58. The fourth-order valence-electron chi connectivity index (χ4n) is 5.43. The molecule has 3 aromatic carbocycles. The Kier molecular flexibility index (Phi) is 9.79. The molecule has 2 N–H and O–H groups in total. The number of anilines is 3. The van der Waals surface area contributed by atoms with Crippen LogP contribution in [0.3, 0.4) is 0 Å². The zero-order valence-electron chi connectivity index (χ0n) is 25.5. The summed E-state index contributed by atoms with van der Waals surface area (Å²) < 4.78 is 51.2. The van der Waals surface area contributed by atoms with Crippen LogP contribution in [0.1, 0.15) is 37.8 Å². The van der Waals surface area contributed by atoms with Gasteiger partial charge in [-0.05, 0) is 74.7 Å². The summed E-state index contributed by atoms with van der Waals surface area (Å²) >= 11 is 0. The van der Waals surface area contributed by atoms with Gasteiger partial charge in [0.1, 0.15) is 6.54 Å². The van der Waals surface area contributed by atoms with Gasteiger partial charge in [0, 0.05) is 30.0 Å². The molecule has 2 aliphatic heterocycles. The van der Waals surface area contributed by atoms with Gasteiger partial charge in [-0.3, -0.25) is 18.5 Å². The highest BCUT2D eigenvalue weighted by Gasteiger charge is 2.33. The van der Waals surface area contributed by atoms with Gasteiger partial charge in [0.15, 0.2) is 0 Å². The molecule has 0 spiro atoms. The predicted octanol–water partition coefficient (Wildman–Crippen LogP) is 4.90. The second kappa shape index (κ2) is 13.6. The summed E-state index contributed by atoms with van der Waals surface area (Å²) in [4.78, 5) is 28.0. The van der Waals surface area contributed by atoms with E-state index in [2.05, 4.69) is 10.6 Å². The van der Waals surface area contributed by atoms with Crippen molar-refractivity contribution in [2.24, 2.45) is 0 Å². The summed E-state index contributed by atoms with van der Waals surface area (Å²) in [5.74, 6) is -0.587. The Labute approximate surface area is 263 Å². The van der Waals surface area contributed by atoms with E-state index in [-0.39, 0.29) is 31.6 Å². The number of amides is 2. The van der Waals surface area contributed by atoms with Crippen LogP contribution in [-0.4, -0.2) is 64.2 Å². The topological polar surface area (TPSA) is 134 Å². The van der Waals surface area contributed by atoms with Crippen molar-refractivity contribution >= 4 is 63.1 Å². The molecular formula is C32H37N4O7PS. The molecule has 11 nitrogen and oxygen atoms in total. The van der Waals surface area contributed by atoms with Crippen LogP contribution >= 0.6 is 7.60 Å². The summed E-state index contributed by atoms with van der Waals surface area (Å²) in [6.07, 6.45) is 2.90. The molecule has 238 valence electrons. The number of carbonyl (C=O) groups excluding carboxylic acids is 2. The molecule has 13 heteroatoms. The van der Waals surface area contributed by atoms with E-state index in [9.17, 15) is 22.6 Å². The highest BCUT2D eigenvalue weighted by Crippen LogP contribution is 2.48. The molecule has 5 rings (SSSR count). The summed E-state index contributed by atoms with van der Waals surface area (Å²) in [6.45, 7) is 4.82. The predicted molar refractivity (Wildman–Crippen MR) is 177 cm³/mol. The van der Waals surface area contributed by atoms with Crippen LogP contribution in [0.15, 0.2) is 72.8 Å². The SMILES string of the molecule is CCOP(=O)(OCC)c1ccc2c(c1)/C(=C(/Nc1ccc(N(CC(=O)N3CCCC3)S(C)(=O)=O)cc1)c1ccccc1)C(=O)N2. The molecule has 1 saturated heterocycles.